The zero-order valence-corrected chi connectivity index (χ0v) is 15.7. The number of nitrogens with zero attached hydrogens (tertiary/aromatic N) is 5. The fraction of sp³-hybridized carbons (Fsp3) is 0.167. The molecule has 1 aromatic carbocycles. The van der Waals surface area contributed by atoms with Crippen molar-refractivity contribution in [2.45, 2.75) is 19.9 Å². The lowest BCUT2D eigenvalue weighted by molar-refractivity contribution is 0.504. The molecule has 0 atom stereocenters. The predicted octanol–water partition coefficient (Wildman–Crippen LogP) is 3.16. The Hall–Kier alpha value is -3.05. The Labute approximate surface area is 158 Å². The normalized spacial score (nSPS) is 10.7. The number of hydrogen-bond acceptors (Lipinski definition) is 6. The van der Waals surface area contributed by atoms with E-state index >= 15 is 0 Å². The summed E-state index contributed by atoms with van der Waals surface area (Å²) in [7, 11) is 0. The van der Waals surface area contributed by atoms with Gasteiger partial charge in [-0.25, -0.2) is 14.6 Å². The van der Waals surface area contributed by atoms with Crippen molar-refractivity contribution in [2.75, 3.05) is 5.73 Å². The number of nitrogens with two attached hydrogens (primary N) is 1. The molecule has 3 rings (SSSR count). The van der Waals surface area contributed by atoms with Crippen molar-refractivity contribution < 1.29 is 0 Å². The van der Waals surface area contributed by atoms with Gasteiger partial charge in [-0.3, -0.25) is 4.79 Å². The fourth-order valence-corrected chi connectivity index (χ4v) is 2.94. The Morgan fingerprint density at radius 3 is 2.54 bits per heavy atom. The molecule has 2 aromatic heterocycles. The number of nitriles is 1. The first-order valence-electron chi connectivity index (χ1n) is 7.85. The van der Waals surface area contributed by atoms with E-state index in [2.05, 4.69) is 31.0 Å². The first-order chi connectivity index (χ1) is 12.4. The van der Waals surface area contributed by atoms with Crippen LogP contribution in [0, 0.1) is 11.3 Å². The van der Waals surface area contributed by atoms with Crippen LogP contribution in [-0.2, 0) is 0 Å². The van der Waals surface area contributed by atoms with Gasteiger partial charge < -0.3 is 5.73 Å². The summed E-state index contributed by atoms with van der Waals surface area (Å²) in [5, 5.41) is 13.7. The second-order valence-corrected chi connectivity index (χ2v) is 6.70. The van der Waals surface area contributed by atoms with Gasteiger partial charge in [-0.05, 0) is 26.0 Å². The Bertz CT molecular complexity index is 1080. The summed E-state index contributed by atoms with van der Waals surface area (Å²) >= 11 is 3.50. The summed E-state index contributed by atoms with van der Waals surface area (Å²) in [5.74, 6) is 0.0409. The fourth-order valence-electron chi connectivity index (χ4n) is 2.47. The van der Waals surface area contributed by atoms with Crippen molar-refractivity contribution in [2.24, 2.45) is 0 Å². The van der Waals surface area contributed by atoms with E-state index in [4.69, 9.17) is 5.73 Å². The molecule has 0 aliphatic carbocycles. The van der Waals surface area contributed by atoms with Gasteiger partial charge in [0.2, 0.25) is 0 Å². The molecule has 0 aliphatic heterocycles. The van der Waals surface area contributed by atoms with Crippen molar-refractivity contribution in [3.63, 3.8) is 0 Å². The lowest BCUT2D eigenvalue weighted by atomic mass is 10.1. The van der Waals surface area contributed by atoms with Crippen LogP contribution in [0.15, 0.2) is 45.7 Å². The Morgan fingerprint density at radius 1 is 1.15 bits per heavy atom. The number of halogens is 1. The highest BCUT2D eigenvalue weighted by atomic mass is 79.9. The van der Waals surface area contributed by atoms with E-state index < -0.39 is 0 Å². The van der Waals surface area contributed by atoms with Crippen LogP contribution in [-0.4, -0.2) is 19.7 Å². The van der Waals surface area contributed by atoms with Crippen molar-refractivity contribution in [1.29, 1.82) is 5.26 Å². The van der Waals surface area contributed by atoms with Gasteiger partial charge in [-0.2, -0.15) is 10.4 Å². The number of aromatic nitrogens is 4. The Morgan fingerprint density at radius 2 is 1.88 bits per heavy atom. The van der Waals surface area contributed by atoms with Gasteiger partial charge in [0, 0.05) is 16.1 Å². The van der Waals surface area contributed by atoms with E-state index in [0.29, 0.717) is 17.1 Å². The third-order valence-electron chi connectivity index (χ3n) is 3.71. The molecule has 3 aromatic rings. The standard InChI is InChI=1S/C18H15BrN6O/c1-10(2)25-15(26)8-7-13(24-25)17-16(11-5-3-4-6-12(11)19)23-18(21)14(9-20)22-17/h3-8,10H,1-2H3,(H2,21,23). The maximum Gasteiger partial charge on any atom is 0.267 e. The molecule has 2 N–H and O–H groups in total. The van der Waals surface area contributed by atoms with Crippen molar-refractivity contribution in [3.8, 4) is 28.7 Å². The van der Waals surface area contributed by atoms with Gasteiger partial charge in [0.25, 0.3) is 5.56 Å². The predicted molar refractivity (Wildman–Crippen MR) is 102 cm³/mol. The van der Waals surface area contributed by atoms with Crippen LogP contribution < -0.4 is 11.3 Å². The molecule has 0 saturated heterocycles. The molecule has 130 valence electrons. The minimum absolute atomic E-state index is 0.0138. The lowest BCUT2D eigenvalue weighted by Gasteiger charge is -2.13. The van der Waals surface area contributed by atoms with Crippen LogP contribution in [0.3, 0.4) is 0 Å². The van der Waals surface area contributed by atoms with Crippen molar-refractivity contribution in [3.05, 3.63) is 56.9 Å². The summed E-state index contributed by atoms with van der Waals surface area (Å²) in [5.41, 5.74) is 7.75. The molecule has 2 heterocycles. The maximum atomic E-state index is 12.0. The molecule has 0 fully saturated rings. The van der Waals surface area contributed by atoms with E-state index in [1.54, 1.807) is 6.07 Å². The molecule has 8 heteroatoms. The number of hydrogen-bond donors (Lipinski definition) is 1. The van der Waals surface area contributed by atoms with Gasteiger partial charge in [0.1, 0.15) is 23.2 Å². The SMILES string of the molecule is CC(C)n1nc(-c2nc(C#N)c(N)nc2-c2ccccc2Br)ccc1=O. The Kier molecular flexibility index (Phi) is 4.82. The average molecular weight is 411 g/mol. The van der Waals surface area contributed by atoms with Crippen LogP contribution in [0.25, 0.3) is 22.6 Å². The maximum absolute atomic E-state index is 12.0. The molecular weight excluding hydrogens is 396 g/mol. The highest BCUT2D eigenvalue weighted by Gasteiger charge is 2.19. The monoisotopic (exact) mass is 410 g/mol. The van der Waals surface area contributed by atoms with E-state index in [9.17, 15) is 10.1 Å². The molecular formula is C18H15BrN6O. The van der Waals surface area contributed by atoms with Crippen molar-refractivity contribution >= 4 is 21.7 Å². The van der Waals surface area contributed by atoms with Crippen LogP contribution in [0.4, 0.5) is 5.82 Å². The van der Waals surface area contributed by atoms with Crippen LogP contribution >= 0.6 is 15.9 Å². The molecule has 0 amide bonds. The molecule has 0 unspecified atom stereocenters. The van der Waals surface area contributed by atoms with Crippen LogP contribution in [0.1, 0.15) is 25.6 Å². The van der Waals surface area contributed by atoms with Gasteiger partial charge >= 0.3 is 0 Å². The first kappa shape index (κ1) is 17.8. The number of nitrogen functional groups attached to an aromatic ring is 1. The van der Waals surface area contributed by atoms with Gasteiger partial charge in [-0.1, -0.05) is 34.1 Å². The summed E-state index contributed by atoms with van der Waals surface area (Å²) in [6.45, 7) is 3.73. The quantitative estimate of drug-likeness (QED) is 0.709. The minimum atomic E-state index is -0.213. The summed E-state index contributed by atoms with van der Waals surface area (Å²) < 4.78 is 2.17. The third-order valence-corrected chi connectivity index (χ3v) is 4.41. The largest absolute Gasteiger partial charge is 0.381 e. The second kappa shape index (κ2) is 7.06. The molecule has 7 nitrogen and oxygen atoms in total. The van der Waals surface area contributed by atoms with E-state index in [0.717, 1.165) is 10.0 Å². The topological polar surface area (TPSA) is 110 Å². The van der Waals surface area contributed by atoms with E-state index in [-0.39, 0.29) is 23.1 Å². The van der Waals surface area contributed by atoms with Gasteiger partial charge in [0.05, 0.1) is 6.04 Å². The Balaban J connectivity index is 2.34. The number of rotatable bonds is 3. The second-order valence-electron chi connectivity index (χ2n) is 5.84. The molecule has 26 heavy (non-hydrogen) atoms. The molecule has 0 saturated carbocycles. The van der Waals surface area contributed by atoms with Gasteiger partial charge in [-0.15, -0.1) is 0 Å². The molecule has 0 bridgehead atoms. The highest BCUT2D eigenvalue weighted by molar-refractivity contribution is 9.10. The molecule has 0 aliphatic rings. The summed E-state index contributed by atoms with van der Waals surface area (Å²) in [6.07, 6.45) is 0. The average Bonchev–Trinajstić information content (AvgIpc) is 2.62. The van der Waals surface area contributed by atoms with E-state index in [1.807, 2.05) is 44.2 Å². The van der Waals surface area contributed by atoms with Crippen molar-refractivity contribution in [1.82, 2.24) is 19.7 Å². The number of benzene rings is 1. The smallest absolute Gasteiger partial charge is 0.267 e. The zero-order chi connectivity index (χ0) is 18.8. The molecule has 0 radical (unpaired) electrons. The molecule has 0 spiro atoms. The van der Waals surface area contributed by atoms with Gasteiger partial charge in [0.15, 0.2) is 11.5 Å². The zero-order valence-electron chi connectivity index (χ0n) is 14.1. The van der Waals surface area contributed by atoms with E-state index in [1.165, 1.54) is 10.7 Å². The lowest BCUT2D eigenvalue weighted by Crippen LogP contribution is -2.24. The third kappa shape index (κ3) is 3.21. The van der Waals surface area contributed by atoms with Crippen LogP contribution in [0.2, 0.25) is 0 Å². The summed E-state index contributed by atoms with van der Waals surface area (Å²) in [4.78, 5) is 20.8. The highest BCUT2D eigenvalue weighted by Crippen LogP contribution is 2.33. The minimum Gasteiger partial charge on any atom is -0.381 e. The first-order valence-corrected chi connectivity index (χ1v) is 8.64. The number of anilines is 1. The van der Waals surface area contributed by atoms with Crippen LogP contribution in [0.5, 0.6) is 0 Å². The summed E-state index contributed by atoms with van der Waals surface area (Å²) in [6, 6.07) is 12.3.